The molecule has 1 fully saturated rings. The summed E-state index contributed by atoms with van der Waals surface area (Å²) in [5, 5.41) is 3.48. The quantitative estimate of drug-likeness (QED) is 0.737. The lowest BCUT2D eigenvalue weighted by Gasteiger charge is -2.22. The minimum atomic E-state index is 0.403. The third kappa shape index (κ3) is 5.51. The molecule has 0 saturated carbocycles. The van der Waals surface area contributed by atoms with Crippen molar-refractivity contribution in [1.82, 2.24) is 5.32 Å². The fourth-order valence-electron chi connectivity index (χ4n) is 2.38. The smallest absolute Gasteiger partial charge is 0.119 e. The lowest BCUT2D eigenvalue weighted by Crippen LogP contribution is -2.31. The van der Waals surface area contributed by atoms with E-state index in [4.69, 9.17) is 9.47 Å². The van der Waals surface area contributed by atoms with Gasteiger partial charge in [0.25, 0.3) is 0 Å². The van der Waals surface area contributed by atoms with Crippen molar-refractivity contribution in [3.63, 3.8) is 0 Å². The van der Waals surface area contributed by atoms with Crippen LogP contribution in [-0.2, 0) is 11.3 Å². The van der Waals surface area contributed by atoms with Gasteiger partial charge in [-0.3, -0.25) is 0 Å². The molecular weight excluding hydrogens is 250 g/mol. The molecule has 0 bridgehead atoms. The Balaban J connectivity index is 1.65. The van der Waals surface area contributed by atoms with Crippen molar-refractivity contribution >= 4 is 0 Å². The third-order valence-electron chi connectivity index (χ3n) is 3.67. The van der Waals surface area contributed by atoms with Gasteiger partial charge in [0.15, 0.2) is 0 Å². The lowest BCUT2D eigenvalue weighted by atomic mass is 10.1. The summed E-state index contributed by atoms with van der Waals surface area (Å²) in [4.78, 5) is 0. The first-order valence-corrected chi connectivity index (χ1v) is 7.92. The van der Waals surface area contributed by atoms with Gasteiger partial charge in [0.2, 0.25) is 0 Å². The predicted octanol–water partition coefficient (Wildman–Crippen LogP) is 3.52. The summed E-state index contributed by atoms with van der Waals surface area (Å²) in [6.07, 6.45) is 6.40. The molecule has 1 aromatic rings. The molecule has 0 amide bonds. The van der Waals surface area contributed by atoms with Crippen LogP contribution in [-0.4, -0.2) is 25.9 Å². The first kappa shape index (κ1) is 15.3. The normalized spacial score (nSPS) is 18.9. The van der Waals surface area contributed by atoms with E-state index in [1.54, 1.807) is 0 Å². The molecule has 112 valence electrons. The van der Waals surface area contributed by atoms with Crippen LogP contribution in [0.15, 0.2) is 24.3 Å². The average Bonchev–Trinajstić information content (AvgIpc) is 2.50. The summed E-state index contributed by atoms with van der Waals surface area (Å²) in [7, 11) is 0. The highest BCUT2D eigenvalue weighted by atomic mass is 16.5. The number of nitrogens with one attached hydrogen (secondary N) is 1. The second kappa shape index (κ2) is 8.98. The zero-order valence-corrected chi connectivity index (χ0v) is 12.6. The van der Waals surface area contributed by atoms with Crippen LogP contribution in [0.1, 0.15) is 44.6 Å². The van der Waals surface area contributed by atoms with Gasteiger partial charge in [-0.1, -0.05) is 25.5 Å². The Bertz CT molecular complexity index is 358. The molecule has 1 heterocycles. The van der Waals surface area contributed by atoms with Crippen LogP contribution in [0.4, 0.5) is 0 Å². The third-order valence-corrected chi connectivity index (χ3v) is 3.67. The fraction of sp³-hybridized carbons (Fsp3) is 0.647. The molecule has 1 saturated heterocycles. The van der Waals surface area contributed by atoms with Crippen LogP contribution in [0, 0.1) is 0 Å². The number of hydrogen-bond donors (Lipinski definition) is 1. The van der Waals surface area contributed by atoms with E-state index in [2.05, 4.69) is 36.5 Å². The van der Waals surface area contributed by atoms with Crippen molar-refractivity contribution in [2.24, 2.45) is 0 Å². The van der Waals surface area contributed by atoms with Crippen LogP contribution >= 0.6 is 0 Å². The maximum absolute atomic E-state index is 5.71. The summed E-state index contributed by atoms with van der Waals surface area (Å²) in [6, 6.07) is 8.39. The molecule has 2 rings (SSSR count). The molecule has 0 spiro atoms. The molecule has 0 aromatic heterocycles. The summed E-state index contributed by atoms with van der Waals surface area (Å²) >= 11 is 0. The molecule has 1 N–H and O–H groups in total. The highest BCUT2D eigenvalue weighted by Gasteiger charge is 2.12. The van der Waals surface area contributed by atoms with Crippen molar-refractivity contribution < 1.29 is 9.47 Å². The van der Waals surface area contributed by atoms with Gasteiger partial charge in [-0.2, -0.15) is 0 Å². The number of ether oxygens (including phenoxy) is 2. The van der Waals surface area contributed by atoms with E-state index in [1.807, 2.05) is 0 Å². The zero-order chi connectivity index (χ0) is 14.0. The Morgan fingerprint density at radius 3 is 2.80 bits per heavy atom. The molecule has 1 aliphatic heterocycles. The van der Waals surface area contributed by atoms with E-state index in [-0.39, 0.29) is 0 Å². The van der Waals surface area contributed by atoms with Crippen molar-refractivity contribution in [1.29, 1.82) is 0 Å². The van der Waals surface area contributed by atoms with Crippen LogP contribution in [0.5, 0.6) is 5.75 Å². The molecule has 1 aromatic carbocycles. The summed E-state index contributed by atoms with van der Waals surface area (Å²) in [6.45, 7) is 5.77. The first-order valence-electron chi connectivity index (χ1n) is 7.92. The van der Waals surface area contributed by atoms with E-state index in [9.17, 15) is 0 Å². The van der Waals surface area contributed by atoms with Crippen molar-refractivity contribution in [3.05, 3.63) is 29.8 Å². The van der Waals surface area contributed by atoms with Gasteiger partial charge in [0.1, 0.15) is 5.75 Å². The highest BCUT2D eigenvalue weighted by Crippen LogP contribution is 2.14. The Morgan fingerprint density at radius 1 is 1.25 bits per heavy atom. The topological polar surface area (TPSA) is 30.5 Å². The Hall–Kier alpha value is -1.06. The second-order valence-corrected chi connectivity index (χ2v) is 5.47. The molecule has 20 heavy (non-hydrogen) atoms. The maximum Gasteiger partial charge on any atom is 0.119 e. The molecule has 1 aliphatic rings. The summed E-state index contributed by atoms with van der Waals surface area (Å²) in [5.41, 5.74) is 1.30. The minimum Gasteiger partial charge on any atom is -0.494 e. The van der Waals surface area contributed by atoms with Gasteiger partial charge in [-0.05, 0) is 43.4 Å². The SMILES string of the molecule is CCCCOc1ccc(CNCC2CCCCO2)cc1. The zero-order valence-electron chi connectivity index (χ0n) is 12.6. The lowest BCUT2D eigenvalue weighted by molar-refractivity contribution is 0.0168. The van der Waals surface area contributed by atoms with Crippen LogP contribution in [0.3, 0.4) is 0 Å². The van der Waals surface area contributed by atoms with Gasteiger partial charge in [-0.25, -0.2) is 0 Å². The van der Waals surface area contributed by atoms with E-state index in [1.165, 1.54) is 31.2 Å². The molecular formula is C17H27NO2. The van der Waals surface area contributed by atoms with Gasteiger partial charge >= 0.3 is 0 Å². The Kier molecular flexibility index (Phi) is 6.89. The van der Waals surface area contributed by atoms with Crippen molar-refractivity contribution in [2.75, 3.05) is 19.8 Å². The number of rotatable bonds is 8. The molecule has 0 aliphatic carbocycles. The molecule has 1 unspecified atom stereocenters. The minimum absolute atomic E-state index is 0.403. The number of unbranched alkanes of at least 4 members (excludes halogenated alkanes) is 1. The first-order chi connectivity index (χ1) is 9.88. The highest BCUT2D eigenvalue weighted by molar-refractivity contribution is 5.27. The van der Waals surface area contributed by atoms with Gasteiger partial charge in [0.05, 0.1) is 12.7 Å². The van der Waals surface area contributed by atoms with Crippen LogP contribution in [0.25, 0.3) is 0 Å². The van der Waals surface area contributed by atoms with E-state index < -0.39 is 0 Å². The molecule has 1 atom stereocenters. The Morgan fingerprint density at radius 2 is 2.10 bits per heavy atom. The van der Waals surface area contributed by atoms with Crippen LogP contribution in [0.2, 0.25) is 0 Å². The van der Waals surface area contributed by atoms with Gasteiger partial charge < -0.3 is 14.8 Å². The molecule has 3 nitrogen and oxygen atoms in total. The van der Waals surface area contributed by atoms with Gasteiger partial charge in [0, 0.05) is 19.7 Å². The summed E-state index contributed by atoms with van der Waals surface area (Å²) < 4.78 is 11.4. The Labute approximate surface area is 122 Å². The summed E-state index contributed by atoms with van der Waals surface area (Å²) in [5.74, 6) is 0.970. The monoisotopic (exact) mass is 277 g/mol. The van der Waals surface area contributed by atoms with E-state index in [0.29, 0.717) is 6.10 Å². The predicted molar refractivity (Wildman–Crippen MR) is 82.1 cm³/mol. The molecule has 0 radical (unpaired) electrons. The fourth-order valence-corrected chi connectivity index (χ4v) is 2.38. The van der Waals surface area contributed by atoms with Crippen molar-refractivity contribution in [3.8, 4) is 5.75 Å². The average molecular weight is 277 g/mol. The second-order valence-electron chi connectivity index (χ2n) is 5.47. The number of benzene rings is 1. The van der Waals surface area contributed by atoms with Gasteiger partial charge in [-0.15, -0.1) is 0 Å². The van der Waals surface area contributed by atoms with E-state index >= 15 is 0 Å². The number of hydrogen-bond acceptors (Lipinski definition) is 3. The maximum atomic E-state index is 5.71. The van der Waals surface area contributed by atoms with Crippen molar-refractivity contribution in [2.45, 2.75) is 51.7 Å². The van der Waals surface area contributed by atoms with E-state index in [0.717, 1.165) is 38.5 Å². The van der Waals surface area contributed by atoms with Crippen LogP contribution < -0.4 is 10.1 Å². The molecule has 3 heteroatoms. The standard InChI is InChI=1S/C17H27NO2/c1-2-3-11-19-16-9-7-15(8-10-16)13-18-14-17-6-4-5-12-20-17/h7-10,17-18H,2-6,11-14H2,1H3. The largest absolute Gasteiger partial charge is 0.494 e.